The summed E-state index contributed by atoms with van der Waals surface area (Å²) in [5, 5.41) is 5.38. The monoisotopic (exact) mass is 462 g/mol. The van der Waals surface area contributed by atoms with E-state index in [1.54, 1.807) is 17.2 Å². The normalized spacial score (nSPS) is 16.4. The number of carbonyl (C=O) groups is 1. The van der Waals surface area contributed by atoms with Crippen molar-refractivity contribution in [1.29, 1.82) is 0 Å². The number of anilines is 1. The third-order valence-electron chi connectivity index (χ3n) is 5.17. The van der Waals surface area contributed by atoms with E-state index >= 15 is 0 Å². The zero-order valence-corrected chi connectivity index (χ0v) is 18.3. The molecule has 2 amide bonds. The largest absolute Gasteiger partial charge is 0.377 e. The maximum atomic E-state index is 14.5. The highest BCUT2D eigenvalue weighted by Gasteiger charge is 2.29. The molecule has 1 fully saturated rings. The summed E-state index contributed by atoms with van der Waals surface area (Å²) in [7, 11) is 0. The number of H-pyrrole nitrogens is 1. The molecule has 1 atom stereocenters. The second kappa shape index (κ2) is 9.63. The Labute approximate surface area is 188 Å². The number of carbonyl (C=O) groups excluding carboxylic acids is 1. The number of nitrogens with zero attached hydrogens (tertiary/aromatic N) is 5. The molecule has 32 heavy (non-hydrogen) atoms. The molecule has 3 aromatic rings. The standard InChI is InChI=1S/C20H24ClFN8O2/c1-2-3-30(23)20(31)29-4-5-32-11-13(29)8-25-19-16(22)10-27-18(28-19)15-9-26-17-14(15)6-12(21)7-24-17/h6-7,9-10,13H,2-5,8,11,23H2,1H3,(H,24,26)(H,25,27,28). The Morgan fingerprint density at radius 3 is 3.12 bits per heavy atom. The molecule has 1 aliphatic heterocycles. The summed E-state index contributed by atoms with van der Waals surface area (Å²) in [6.07, 6.45) is 5.08. The number of halogens is 2. The lowest BCUT2D eigenvalue weighted by Gasteiger charge is -2.37. The van der Waals surface area contributed by atoms with Gasteiger partial charge in [-0.3, -0.25) is 5.01 Å². The van der Waals surface area contributed by atoms with Crippen LogP contribution in [0.15, 0.2) is 24.7 Å². The first-order valence-corrected chi connectivity index (χ1v) is 10.7. The number of aromatic amines is 1. The van der Waals surface area contributed by atoms with Crippen LogP contribution in [-0.4, -0.2) is 74.8 Å². The lowest BCUT2D eigenvalue weighted by molar-refractivity contribution is 0.00829. The molecule has 3 aromatic heterocycles. The van der Waals surface area contributed by atoms with Gasteiger partial charge in [-0.25, -0.2) is 30.0 Å². The first-order valence-electron chi connectivity index (χ1n) is 10.3. The molecule has 10 nitrogen and oxygen atoms in total. The van der Waals surface area contributed by atoms with Gasteiger partial charge in [0.15, 0.2) is 17.5 Å². The summed E-state index contributed by atoms with van der Waals surface area (Å²) < 4.78 is 20.0. The van der Waals surface area contributed by atoms with Crippen molar-refractivity contribution in [2.24, 2.45) is 5.84 Å². The molecule has 1 unspecified atom stereocenters. The lowest BCUT2D eigenvalue weighted by atomic mass is 10.2. The van der Waals surface area contributed by atoms with Crippen LogP contribution >= 0.6 is 11.6 Å². The van der Waals surface area contributed by atoms with Crippen molar-refractivity contribution in [3.05, 3.63) is 35.5 Å². The number of aromatic nitrogens is 4. The Morgan fingerprint density at radius 2 is 2.31 bits per heavy atom. The van der Waals surface area contributed by atoms with E-state index in [1.165, 1.54) is 11.2 Å². The second-order valence-electron chi connectivity index (χ2n) is 7.42. The number of fused-ring (bicyclic) bond motifs is 1. The van der Waals surface area contributed by atoms with Gasteiger partial charge < -0.3 is 19.9 Å². The summed E-state index contributed by atoms with van der Waals surface area (Å²) in [4.78, 5) is 30.0. The van der Waals surface area contributed by atoms with Gasteiger partial charge in [-0.15, -0.1) is 0 Å². The fraction of sp³-hybridized carbons (Fsp3) is 0.400. The lowest BCUT2D eigenvalue weighted by Crippen LogP contribution is -2.57. The molecular weight excluding hydrogens is 439 g/mol. The van der Waals surface area contributed by atoms with Crippen LogP contribution in [0.25, 0.3) is 22.4 Å². The number of nitrogens with one attached hydrogen (secondary N) is 2. The summed E-state index contributed by atoms with van der Waals surface area (Å²) in [6.45, 7) is 3.77. The average Bonchev–Trinajstić information content (AvgIpc) is 3.21. The van der Waals surface area contributed by atoms with Crippen molar-refractivity contribution in [2.45, 2.75) is 19.4 Å². The molecule has 4 heterocycles. The molecule has 0 radical (unpaired) electrons. The average molecular weight is 463 g/mol. The highest BCUT2D eigenvalue weighted by atomic mass is 35.5. The molecule has 0 bridgehead atoms. The van der Waals surface area contributed by atoms with Crippen molar-refractivity contribution < 1.29 is 13.9 Å². The summed E-state index contributed by atoms with van der Waals surface area (Å²) >= 11 is 6.06. The summed E-state index contributed by atoms with van der Waals surface area (Å²) in [6, 6.07) is 1.13. The van der Waals surface area contributed by atoms with Crippen LogP contribution in [0, 0.1) is 5.82 Å². The molecule has 0 saturated carbocycles. The minimum absolute atomic E-state index is 0.0236. The SMILES string of the molecule is CCCN(N)C(=O)N1CCOCC1CNc1nc(-c2c[nH]c3ncc(Cl)cc23)ncc1F. The number of nitrogens with two attached hydrogens (primary N) is 1. The van der Waals surface area contributed by atoms with Crippen LogP contribution in [0.5, 0.6) is 0 Å². The first kappa shape index (κ1) is 22.2. The van der Waals surface area contributed by atoms with Gasteiger partial charge in [0.05, 0.1) is 30.5 Å². The zero-order chi connectivity index (χ0) is 22.7. The molecule has 0 aromatic carbocycles. The van der Waals surface area contributed by atoms with Gasteiger partial charge in [-0.05, 0) is 12.5 Å². The molecule has 0 spiro atoms. The van der Waals surface area contributed by atoms with E-state index in [1.807, 2.05) is 6.92 Å². The summed E-state index contributed by atoms with van der Waals surface area (Å²) in [5.41, 5.74) is 1.27. The minimum atomic E-state index is -0.606. The minimum Gasteiger partial charge on any atom is -0.377 e. The maximum Gasteiger partial charge on any atom is 0.334 e. The van der Waals surface area contributed by atoms with E-state index < -0.39 is 5.82 Å². The Balaban J connectivity index is 1.53. The van der Waals surface area contributed by atoms with E-state index in [2.05, 4.69) is 25.3 Å². The van der Waals surface area contributed by atoms with Crippen molar-refractivity contribution in [2.75, 3.05) is 38.2 Å². The van der Waals surface area contributed by atoms with Crippen LogP contribution in [0.3, 0.4) is 0 Å². The number of hydrogen-bond acceptors (Lipinski definition) is 7. The Hall–Kier alpha value is -3.02. The van der Waals surface area contributed by atoms with Gasteiger partial charge in [-0.2, -0.15) is 0 Å². The molecule has 170 valence electrons. The van der Waals surface area contributed by atoms with Gasteiger partial charge in [0.2, 0.25) is 0 Å². The van der Waals surface area contributed by atoms with Gasteiger partial charge in [-0.1, -0.05) is 18.5 Å². The van der Waals surface area contributed by atoms with Gasteiger partial charge >= 0.3 is 6.03 Å². The number of rotatable bonds is 6. The van der Waals surface area contributed by atoms with Crippen molar-refractivity contribution in [3.8, 4) is 11.4 Å². The third-order valence-corrected chi connectivity index (χ3v) is 5.38. The number of hydrogen-bond donors (Lipinski definition) is 3. The third kappa shape index (κ3) is 4.59. The quantitative estimate of drug-likeness (QED) is 0.292. The van der Waals surface area contributed by atoms with Crippen LogP contribution < -0.4 is 11.2 Å². The molecule has 1 saturated heterocycles. The number of amides is 2. The van der Waals surface area contributed by atoms with E-state index in [0.717, 1.165) is 18.0 Å². The van der Waals surface area contributed by atoms with Crippen molar-refractivity contribution in [1.82, 2.24) is 29.8 Å². The van der Waals surface area contributed by atoms with Crippen LogP contribution in [0.4, 0.5) is 15.0 Å². The second-order valence-corrected chi connectivity index (χ2v) is 7.86. The summed E-state index contributed by atoms with van der Waals surface area (Å²) in [5.74, 6) is 5.60. The predicted octanol–water partition coefficient (Wildman–Crippen LogP) is 2.63. The number of hydrazine groups is 1. The van der Waals surface area contributed by atoms with Gasteiger partial charge in [0.25, 0.3) is 0 Å². The zero-order valence-electron chi connectivity index (χ0n) is 17.5. The predicted molar refractivity (Wildman–Crippen MR) is 118 cm³/mol. The highest BCUT2D eigenvalue weighted by molar-refractivity contribution is 6.31. The number of urea groups is 1. The van der Waals surface area contributed by atoms with Crippen molar-refractivity contribution in [3.63, 3.8) is 0 Å². The van der Waals surface area contributed by atoms with E-state index in [9.17, 15) is 9.18 Å². The Bertz CT molecular complexity index is 1110. The topological polar surface area (TPSA) is 125 Å². The van der Waals surface area contributed by atoms with E-state index in [-0.39, 0.29) is 24.4 Å². The fourth-order valence-electron chi connectivity index (χ4n) is 3.58. The Morgan fingerprint density at radius 1 is 1.47 bits per heavy atom. The van der Waals surface area contributed by atoms with Crippen LogP contribution in [0.2, 0.25) is 5.02 Å². The van der Waals surface area contributed by atoms with Gasteiger partial charge in [0.1, 0.15) is 5.65 Å². The molecular formula is C20H24ClFN8O2. The smallest absolute Gasteiger partial charge is 0.334 e. The molecule has 4 rings (SSSR count). The maximum absolute atomic E-state index is 14.5. The van der Waals surface area contributed by atoms with Gasteiger partial charge in [0, 0.05) is 43.0 Å². The number of ether oxygens (including phenoxy) is 1. The van der Waals surface area contributed by atoms with Crippen molar-refractivity contribution >= 4 is 34.5 Å². The molecule has 0 aliphatic carbocycles. The Kier molecular flexibility index (Phi) is 6.68. The number of morpholine rings is 1. The van der Waals surface area contributed by atoms with Crippen LogP contribution in [-0.2, 0) is 4.74 Å². The van der Waals surface area contributed by atoms with E-state index in [4.69, 9.17) is 22.2 Å². The fourth-order valence-corrected chi connectivity index (χ4v) is 3.73. The van der Waals surface area contributed by atoms with Crippen LogP contribution in [0.1, 0.15) is 13.3 Å². The molecule has 1 aliphatic rings. The molecule has 4 N–H and O–H groups in total. The number of pyridine rings is 1. The highest BCUT2D eigenvalue weighted by Crippen LogP contribution is 2.28. The van der Waals surface area contributed by atoms with E-state index in [0.29, 0.717) is 48.4 Å². The first-order chi connectivity index (χ1) is 15.5. The molecule has 12 heteroatoms.